The Labute approximate surface area is 188 Å². The van der Waals surface area contributed by atoms with Crippen molar-refractivity contribution in [2.75, 3.05) is 12.4 Å². The molecule has 31 heavy (non-hydrogen) atoms. The number of halogens is 2. The summed E-state index contributed by atoms with van der Waals surface area (Å²) < 4.78 is 18.6. The molecule has 2 saturated heterocycles. The van der Waals surface area contributed by atoms with Gasteiger partial charge in [0.1, 0.15) is 16.7 Å². The molecule has 0 aromatic heterocycles. The second-order valence-corrected chi connectivity index (χ2v) is 9.06. The number of nitrogens with zero attached hydrogens (tertiary/aromatic N) is 1. The van der Waals surface area contributed by atoms with Gasteiger partial charge in [-0.15, -0.1) is 11.8 Å². The van der Waals surface area contributed by atoms with Crippen molar-refractivity contribution in [1.29, 1.82) is 0 Å². The minimum absolute atomic E-state index is 0.153. The highest BCUT2D eigenvalue weighted by Gasteiger charge is 2.57. The molecule has 4 rings (SSSR count). The first-order valence-electron chi connectivity index (χ1n) is 9.79. The smallest absolute Gasteiger partial charge is 0.330 e. The highest BCUT2D eigenvalue weighted by molar-refractivity contribution is 8.00. The average molecular weight is 463 g/mol. The number of fused-ring (bicyclic) bond motifs is 1. The van der Waals surface area contributed by atoms with E-state index in [2.05, 4.69) is 5.32 Å². The van der Waals surface area contributed by atoms with Crippen molar-refractivity contribution in [3.8, 4) is 0 Å². The summed E-state index contributed by atoms with van der Waals surface area (Å²) >= 11 is 7.53. The number of ether oxygens (including phenoxy) is 1. The van der Waals surface area contributed by atoms with E-state index in [-0.39, 0.29) is 18.3 Å². The molecule has 0 spiro atoms. The van der Waals surface area contributed by atoms with Gasteiger partial charge in [-0.25, -0.2) is 9.18 Å². The van der Waals surface area contributed by atoms with Gasteiger partial charge in [-0.1, -0.05) is 41.9 Å². The van der Waals surface area contributed by atoms with E-state index in [0.29, 0.717) is 23.6 Å². The van der Waals surface area contributed by atoms with Gasteiger partial charge in [-0.3, -0.25) is 9.59 Å². The van der Waals surface area contributed by atoms with E-state index < -0.39 is 29.4 Å². The fourth-order valence-electron chi connectivity index (χ4n) is 3.95. The van der Waals surface area contributed by atoms with E-state index in [1.165, 1.54) is 28.8 Å². The zero-order valence-electron chi connectivity index (χ0n) is 16.5. The third-order valence-corrected chi connectivity index (χ3v) is 7.44. The van der Waals surface area contributed by atoms with Gasteiger partial charge in [0.25, 0.3) is 5.91 Å². The van der Waals surface area contributed by atoms with Crippen molar-refractivity contribution < 1.29 is 23.5 Å². The van der Waals surface area contributed by atoms with Gasteiger partial charge in [-0.2, -0.15) is 0 Å². The molecule has 0 bridgehead atoms. The Hall–Kier alpha value is -2.58. The number of carbonyl (C=O) groups excluding carboxylic acids is 3. The van der Waals surface area contributed by atoms with Crippen LogP contribution in [0.1, 0.15) is 24.0 Å². The minimum atomic E-state index is -0.790. The first-order chi connectivity index (χ1) is 14.9. The van der Waals surface area contributed by atoms with Crippen LogP contribution in [-0.2, 0) is 30.5 Å². The summed E-state index contributed by atoms with van der Waals surface area (Å²) in [4.78, 5) is 38.2. The van der Waals surface area contributed by atoms with Crippen LogP contribution in [0.2, 0.25) is 5.02 Å². The van der Waals surface area contributed by atoms with Crippen molar-refractivity contribution >= 4 is 41.1 Å². The number of hydrogen-bond donors (Lipinski definition) is 1. The second kappa shape index (κ2) is 8.88. The van der Waals surface area contributed by atoms with Crippen LogP contribution in [0.25, 0.3) is 0 Å². The number of amides is 2. The number of esters is 1. The number of thioether (sulfide) groups is 1. The average Bonchev–Trinajstić information content (AvgIpc) is 3.31. The Bertz CT molecular complexity index is 1020. The summed E-state index contributed by atoms with van der Waals surface area (Å²) in [6.07, 6.45) is 0.830. The Morgan fingerprint density at radius 2 is 1.97 bits per heavy atom. The molecule has 2 heterocycles. The molecule has 2 fully saturated rings. The molecule has 0 unspecified atom stereocenters. The summed E-state index contributed by atoms with van der Waals surface area (Å²) in [7, 11) is 0. The maximum absolute atomic E-state index is 13.4. The molecule has 2 aliphatic heterocycles. The quantitative estimate of drug-likeness (QED) is 0.667. The van der Waals surface area contributed by atoms with Crippen LogP contribution in [0.15, 0.2) is 48.5 Å². The molecule has 0 saturated carbocycles. The topological polar surface area (TPSA) is 75.7 Å². The minimum Gasteiger partial charge on any atom is -0.454 e. The maximum atomic E-state index is 13.4. The van der Waals surface area contributed by atoms with Gasteiger partial charge in [0.15, 0.2) is 6.61 Å². The lowest BCUT2D eigenvalue weighted by Crippen LogP contribution is -2.47. The predicted octanol–water partition coefficient (Wildman–Crippen LogP) is 3.23. The van der Waals surface area contributed by atoms with E-state index in [1.54, 1.807) is 30.3 Å². The highest BCUT2D eigenvalue weighted by atomic mass is 35.5. The van der Waals surface area contributed by atoms with Crippen molar-refractivity contribution in [1.82, 2.24) is 10.2 Å². The summed E-state index contributed by atoms with van der Waals surface area (Å²) in [6.45, 7) is -0.232. The van der Waals surface area contributed by atoms with Gasteiger partial charge in [0, 0.05) is 23.7 Å². The molecule has 2 aliphatic rings. The van der Waals surface area contributed by atoms with Crippen molar-refractivity contribution in [3.63, 3.8) is 0 Å². The fourth-order valence-corrected chi connectivity index (χ4v) is 5.79. The lowest BCUT2D eigenvalue weighted by molar-refractivity contribution is -0.156. The molecule has 1 N–H and O–H groups in total. The van der Waals surface area contributed by atoms with Crippen LogP contribution in [0.4, 0.5) is 4.39 Å². The van der Waals surface area contributed by atoms with E-state index in [0.717, 1.165) is 11.1 Å². The number of carbonyl (C=O) groups is 3. The lowest BCUT2D eigenvalue weighted by atomic mass is 10.0. The van der Waals surface area contributed by atoms with Crippen molar-refractivity contribution in [3.05, 3.63) is 70.5 Å². The van der Waals surface area contributed by atoms with Crippen LogP contribution in [-0.4, -0.2) is 41.1 Å². The molecule has 2 atom stereocenters. The Morgan fingerprint density at radius 1 is 1.23 bits per heavy atom. The van der Waals surface area contributed by atoms with E-state index >= 15 is 0 Å². The maximum Gasteiger partial charge on any atom is 0.330 e. The molecule has 2 aromatic rings. The monoisotopic (exact) mass is 462 g/mol. The molecule has 162 valence electrons. The molecule has 2 amide bonds. The number of nitrogens with one attached hydrogen (secondary N) is 1. The zero-order valence-corrected chi connectivity index (χ0v) is 18.0. The molecular weight excluding hydrogens is 443 g/mol. The van der Waals surface area contributed by atoms with Crippen LogP contribution >= 0.6 is 23.4 Å². The molecule has 9 heteroatoms. The molecule has 0 radical (unpaired) electrons. The molecular formula is C22H20ClFN2O4S. The standard InChI is InChI=1S/C22H20ClFN2O4S/c23-17-4-2-1-3-14(17)11-25-19(27)12-30-21(29)18-13-31-22(10-9-20(28)26(18)22)15-5-7-16(24)8-6-15/h1-8,18H,9-13H2,(H,25,27)/t18-,22-/m1/s1. The van der Waals surface area contributed by atoms with Crippen LogP contribution in [0, 0.1) is 5.82 Å². The lowest BCUT2D eigenvalue weighted by Gasteiger charge is -2.33. The second-order valence-electron chi connectivity index (χ2n) is 7.36. The Morgan fingerprint density at radius 3 is 2.71 bits per heavy atom. The first-order valence-corrected chi connectivity index (χ1v) is 11.2. The SMILES string of the molecule is O=C(COC(=O)[C@H]1CS[C@@]2(c3ccc(F)cc3)CCC(=O)N12)NCc1ccccc1Cl. The van der Waals surface area contributed by atoms with E-state index in [9.17, 15) is 18.8 Å². The third-order valence-electron chi connectivity index (χ3n) is 5.47. The summed E-state index contributed by atoms with van der Waals surface area (Å²) in [6, 6.07) is 12.3. The molecule has 2 aromatic carbocycles. The predicted molar refractivity (Wildman–Crippen MR) is 115 cm³/mol. The number of hydrogen-bond acceptors (Lipinski definition) is 5. The number of rotatable bonds is 6. The van der Waals surface area contributed by atoms with Crippen molar-refractivity contribution in [2.45, 2.75) is 30.3 Å². The van der Waals surface area contributed by atoms with Crippen LogP contribution < -0.4 is 5.32 Å². The molecule has 6 nitrogen and oxygen atoms in total. The van der Waals surface area contributed by atoms with Crippen LogP contribution in [0.3, 0.4) is 0 Å². The van der Waals surface area contributed by atoms with Gasteiger partial charge >= 0.3 is 5.97 Å². The van der Waals surface area contributed by atoms with E-state index in [1.807, 2.05) is 6.07 Å². The van der Waals surface area contributed by atoms with Crippen molar-refractivity contribution in [2.24, 2.45) is 0 Å². The largest absolute Gasteiger partial charge is 0.454 e. The zero-order chi connectivity index (χ0) is 22.0. The summed E-state index contributed by atoms with van der Waals surface area (Å²) in [5.74, 6) is -1.25. The van der Waals surface area contributed by atoms with E-state index in [4.69, 9.17) is 16.3 Å². The Balaban J connectivity index is 1.37. The summed E-state index contributed by atoms with van der Waals surface area (Å²) in [5, 5.41) is 3.19. The summed E-state index contributed by atoms with van der Waals surface area (Å²) in [5.41, 5.74) is 1.53. The molecule has 0 aliphatic carbocycles. The first kappa shape index (κ1) is 21.6. The fraction of sp³-hybridized carbons (Fsp3) is 0.318. The normalized spacial score (nSPS) is 22.3. The van der Waals surface area contributed by atoms with Gasteiger partial charge in [0.05, 0.1) is 0 Å². The van der Waals surface area contributed by atoms with Gasteiger partial charge < -0.3 is 15.0 Å². The van der Waals surface area contributed by atoms with Gasteiger partial charge in [0.2, 0.25) is 5.91 Å². The highest BCUT2D eigenvalue weighted by Crippen LogP contribution is 2.54. The van der Waals surface area contributed by atoms with Gasteiger partial charge in [-0.05, 0) is 35.7 Å². The third kappa shape index (κ3) is 4.27. The Kier molecular flexibility index (Phi) is 6.20. The van der Waals surface area contributed by atoms with Crippen LogP contribution in [0.5, 0.6) is 0 Å². The number of benzene rings is 2.